The van der Waals surface area contributed by atoms with Gasteiger partial charge in [-0.25, -0.2) is 0 Å². The lowest BCUT2D eigenvalue weighted by Crippen LogP contribution is -2.55. The number of hydrogen-bond donors (Lipinski definition) is 0. The average Bonchev–Trinajstić information content (AvgIpc) is 3.12. The highest BCUT2D eigenvalue weighted by Crippen LogP contribution is 2.13. The molecule has 0 aromatic carbocycles. The second-order valence-electron chi connectivity index (χ2n) is 15.6. The third kappa shape index (κ3) is 35.0. The number of likely N-dealkylation sites (N-methyl/N-ethyl adjacent to an activating group) is 1. The summed E-state index contributed by atoms with van der Waals surface area (Å²) in [6.45, 7) is 4.51. The number of hydrogen-bond acceptors (Lipinski definition) is 7. The standard InChI is InChI=1S/C46H81NO7/c1-6-8-10-12-14-16-18-20-22-23-25-27-29-31-33-35-37-45(49)54-42(40-52-39-38-43(46(50)51)47(3,4)5)41-53-44(48)36-34-32-30-28-26-24-21-19-17-15-13-11-9-7-2/h9,11,15,17,22-23,25,27,42-43H,6-8,10,12-14,16,18-21,24,26,28-41H2,1-5H3/b11-9+,17-15+,23-22+,27-25+. The molecule has 8 heteroatoms. The number of carbonyl (C=O) groups is 3. The van der Waals surface area contributed by atoms with Gasteiger partial charge in [0.2, 0.25) is 0 Å². The number of unbranched alkanes of at least 4 members (excludes halogenated alkanes) is 17. The minimum absolute atomic E-state index is 0.0267. The number of esters is 2. The SMILES string of the molecule is CC/C=C/C/C=C/CCCCCCCCCC(=O)OCC(COCCC(C(=O)[O-])[N+](C)(C)C)OC(=O)CCCCC/C=C/C=C/CCCCCCCCC. The third-order valence-corrected chi connectivity index (χ3v) is 9.48. The molecule has 0 rings (SSSR count). The van der Waals surface area contributed by atoms with E-state index in [0.29, 0.717) is 6.42 Å². The van der Waals surface area contributed by atoms with Crippen molar-refractivity contribution < 1.29 is 38.2 Å². The Kier molecular flexibility index (Phi) is 35.4. The maximum atomic E-state index is 12.7. The Labute approximate surface area is 331 Å². The number of carboxylic acids is 1. The molecule has 0 spiro atoms. The molecule has 2 unspecified atom stereocenters. The first-order valence-electron chi connectivity index (χ1n) is 21.7. The number of allylic oxidation sites excluding steroid dienone is 8. The number of carboxylic acid groups (broad SMARTS) is 1. The van der Waals surface area contributed by atoms with E-state index in [4.69, 9.17) is 14.2 Å². The summed E-state index contributed by atoms with van der Waals surface area (Å²) >= 11 is 0. The highest BCUT2D eigenvalue weighted by atomic mass is 16.6. The lowest BCUT2D eigenvalue weighted by molar-refractivity contribution is -0.889. The number of rotatable bonds is 38. The van der Waals surface area contributed by atoms with Crippen molar-refractivity contribution in [1.82, 2.24) is 0 Å². The molecule has 0 fully saturated rings. The zero-order valence-electron chi connectivity index (χ0n) is 35.4. The Morgan fingerprint density at radius 2 is 1.09 bits per heavy atom. The quantitative estimate of drug-likeness (QED) is 0.0203. The van der Waals surface area contributed by atoms with Gasteiger partial charge in [0, 0.05) is 19.3 Å². The Morgan fingerprint density at radius 3 is 1.65 bits per heavy atom. The van der Waals surface area contributed by atoms with Gasteiger partial charge in [-0.15, -0.1) is 0 Å². The summed E-state index contributed by atoms with van der Waals surface area (Å²) in [5.41, 5.74) is 0. The van der Waals surface area contributed by atoms with Gasteiger partial charge in [-0.3, -0.25) is 9.59 Å². The molecule has 0 heterocycles. The molecule has 0 saturated carbocycles. The maximum absolute atomic E-state index is 12.7. The van der Waals surface area contributed by atoms with Gasteiger partial charge >= 0.3 is 11.9 Å². The molecule has 0 bridgehead atoms. The van der Waals surface area contributed by atoms with Crippen LogP contribution in [-0.4, -0.2) is 75.5 Å². The normalized spacial score (nSPS) is 13.4. The van der Waals surface area contributed by atoms with Gasteiger partial charge < -0.3 is 28.6 Å². The van der Waals surface area contributed by atoms with Gasteiger partial charge in [0.25, 0.3) is 0 Å². The van der Waals surface area contributed by atoms with Crippen LogP contribution in [-0.2, 0) is 28.6 Å². The summed E-state index contributed by atoms with van der Waals surface area (Å²) in [6, 6.07) is -0.732. The average molecular weight is 760 g/mol. The third-order valence-electron chi connectivity index (χ3n) is 9.48. The molecule has 8 nitrogen and oxygen atoms in total. The van der Waals surface area contributed by atoms with Crippen molar-refractivity contribution in [3.05, 3.63) is 48.6 Å². The van der Waals surface area contributed by atoms with Crippen LogP contribution in [0.5, 0.6) is 0 Å². The van der Waals surface area contributed by atoms with Gasteiger partial charge in [-0.2, -0.15) is 0 Å². The van der Waals surface area contributed by atoms with E-state index >= 15 is 0 Å². The van der Waals surface area contributed by atoms with E-state index in [1.54, 1.807) is 21.1 Å². The summed E-state index contributed by atoms with van der Waals surface area (Å²) in [4.78, 5) is 36.8. The van der Waals surface area contributed by atoms with E-state index in [0.717, 1.165) is 70.6 Å². The molecule has 0 amide bonds. The molecule has 0 aliphatic carbocycles. The van der Waals surface area contributed by atoms with Gasteiger partial charge in [0.15, 0.2) is 6.10 Å². The van der Waals surface area contributed by atoms with Crippen LogP contribution in [0.25, 0.3) is 0 Å². The fourth-order valence-electron chi connectivity index (χ4n) is 6.10. The molecule has 0 saturated heterocycles. The molecular formula is C46H81NO7. The number of nitrogens with zero attached hydrogens (tertiary/aromatic N) is 1. The van der Waals surface area contributed by atoms with Crippen molar-refractivity contribution in [3.63, 3.8) is 0 Å². The summed E-state index contributed by atoms with van der Waals surface area (Å²) in [6.07, 6.45) is 42.8. The van der Waals surface area contributed by atoms with Crippen molar-refractivity contribution in [2.24, 2.45) is 0 Å². The summed E-state index contributed by atoms with van der Waals surface area (Å²) in [7, 11) is 5.39. The van der Waals surface area contributed by atoms with Crippen molar-refractivity contribution in [3.8, 4) is 0 Å². The molecule has 0 aromatic heterocycles. The number of ether oxygens (including phenoxy) is 3. The summed E-state index contributed by atoms with van der Waals surface area (Å²) < 4.78 is 17.1. The van der Waals surface area contributed by atoms with Crippen LogP contribution >= 0.6 is 0 Å². The molecule has 0 aliphatic heterocycles. The predicted octanol–water partition coefficient (Wildman–Crippen LogP) is 10.3. The highest BCUT2D eigenvalue weighted by molar-refractivity contribution is 5.70. The second kappa shape index (κ2) is 37.2. The predicted molar refractivity (Wildman–Crippen MR) is 222 cm³/mol. The number of aliphatic carboxylic acids is 1. The number of carbonyl (C=O) groups excluding carboxylic acids is 3. The van der Waals surface area contributed by atoms with E-state index in [2.05, 4.69) is 62.5 Å². The van der Waals surface area contributed by atoms with Crippen molar-refractivity contribution in [2.45, 2.75) is 187 Å². The molecule has 0 aromatic rings. The van der Waals surface area contributed by atoms with Crippen LogP contribution in [0.4, 0.5) is 0 Å². The first kappa shape index (κ1) is 51.3. The number of quaternary nitrogens is 1. The lowest BCUT2D eigenvalue weighted by atomic mass is 10.1. The van der Waals surface area contributed by atoms with Crippen LogP contribution in [0.2, 0.25) is 0 Å². The van der Waals surface area contributed by atoms with Crippen LogP contribution in [0.1, 0.15) is 174 Å². The van der Waals surface area contributed by atoms with E-state index in [1.165, 1.54) is 70.6 Å². The van der Waals surface area contributed by atoms with E-state index in [9.17, 15) is 19.5 Å². The highest BCUT2D eigenvalue weighted by Gasteiger charge is 2.25. The van der Waals surface area contributed by atoms with Crippen LogP contribution in [0, 0.1) is 0 Å². The topological polar surface area (TPSA) is 102 Å². The van der Waals surface area contributed by atoms with Crippen LogP contribution < -0.4 is 5.11 Å². The minimum atomic E-state index is -1.13. The first-order chi connectivity index (χ1) is 26.1. The monoisotopic (exact) mass is 760 g/mol. The molecule has 0 aliphatic rings. The van der Waals surface area contributed by atoms with Gasteiger partial charge in [0.1, 0.15) is 12.6 Å². The fourth-order valence-corrected chi connectivity index (χ4v) is 6.10. The molecule has 312 valence electrons. The Morgan fingerprint density at radius 1 is 0.593 bits per heavy atom. The van der Waals surface area contributed by atoms with Gasteiger partial charge in [-0.1, -0.05) is 140 Å². The molecule has 0 radical (unpaired) electrons. The van der Waals surface area contributed by atoms with E-state index < -0.39 is 18.1 Å². The molecule has 54 heavy (non-hydrogen) atoms. The Bertz CT molecular complexity index is 1030. The van der Waals surface area contributed by atoms with Crippen LogP contribution in [0.3, 0.4) is 0 Å². The molecular weight excluding hydrogens is 679 g/mol. The fraction of sp³-hybridized carbons (Fsp3) is 0.761. The second-order valence-corrected chi connectivity index (χ2v) is 15.6. The molecule has 0 N–H and O–H groups in total. The van der Waals surface area contributed by atoms with Gasteiger partial charge in [-0.05, 0) is 64.2 Å². The maximum Gasteiger partial charge on any atom is 0.306 e. The molecule has 2 atom stereocenters. The van der Waals surface area contributed by atoms with E-state index in [-0.39, 0.29) is 49.1 Å². The zero-order valence-corrected chi connectivity index (χ0v) is 35.4. The zero-order chi connectivity index (χ0) is 40.0. The van der Waals surface area contributed by atoms with Crippen LogP contribution in [0.15, 0.2) is 48.6 Å². The van der Waals surface area contributed by atoms with Crippen molar-refractivity contribution in [1.29, 1.82) is 0 Å². The largest absolute Gasteiger partial charge is 0.544 e. The minimum Gasteiger partial charge on any atom is -0.544 e. The smallest absolute Gasteiger partial charge is 0.306 e. The van der Waals surface area contributed by atoms with Crippen molar-refractivity contribution >= 4 is 17.9 Å². The van der Waals surface area contributed by atoms with E-state index in [1.807, 2.05) is 0 Å². The summed E-state index contributed by atoms with van der Waals surface area (Å²) in [5.74, 6) is -1.78. The first-order valence-corrected chi connectivity index (χ1v) is 21.7. The van der Waals surface area contributed by atoms with Crippen molar-refractivity contribution in [2.75, 3.05) is 41.0 Å². The Balaban J connectivity index is 4.42. The Hall–Kier alpha value is -2.71. The van der Waals surface area contributed by atoms with Gasteiger partial charge in [0.05, 0.1) is 40.3 Å². The lowest BCUT2D eigenvalue weighted by Gasteiger charge is -2.34. The summed E-state index contributed by atoms with van der Waals surface area (Å²) in [5, 5.41) is 11.6.